The van der Waals surface area contributed by atoms with E-state index in [2.05, 4.69) is 10.0 Å². The number of hydrogen-bond donors (Lipinski definition) is 2. The molecule has 0 radical (unpaired) electrons. The molecule has 0 heterocycles. The van der Waals surface area contributed by atoms with E-state index < -0.39 is 43.6 Å². The first-order valence-corrected chi connectivity index (χ1v) is 13.6. The van der Waals surface area contributed by atoms with Gasteiger partial charge in [0.05, 0.1) is 10.9 Å². The Hall–Kier alpha value is -4.47. The third kappa shape index (κ3) is 4.78. The standard InChI is InChI=1S/C29H21ClN2O6S/c30-19-13-15-20(16-14-19)32-39(37,38)24-12-6-11-23(25(24)28(35)36)31-29(17-18-7-2-1-3-8-18)26(33)21-9-4-5-10-22(21)27(29)34/h1-16,31-32H,17H2,(H,35,36)/p-1. The van der Waals surface area contributed by atoms with Crippen LogP contribution in [0, 0.1) is 0 Å². The zero-order valence-corrected chi connectivity index (χ0v) is 21.8. The number of Topliss-reactive ketones (excluding diaryl/α,β-unsaturated/α-hetero) is 2. The van der Waals surface area contributed by atoms with Crippen LogP contribution in [0.15, 0.2) is 102 Å². The number of anilines is 2. The normalized spacial score (nSPS) is 14.1. The van der Waals surface area contributed by atoms with E-state index in [1.807, 2.05) is 0 Å². The van der Waals surface area contributed by atoms with Gasteiger partial charge in [0.2, 0.25) is 0 Å². The molecule has 196 valence electrons. The van der Waals surface area contributed by atoms with Gasteiger partial charge in [-0.3, -0.25) is 14.3 Å². The molecule has 0 fully saturated rings. The van der Waals surface area contributed by atoms with E-state index in [-0.39, 0.29) is 28.9 Å². The molecule has 0 saturated carbocycles. The summed E-state index contributed by atoms with van der Waals surface area (Å²) in [6.07, 6.45) is -0.104. The zero-order chi connectivity index (χ0) is 27.8. The van der Waals surface area contributed by atoms with Crippen molar-refractivity contribution in [1.82, 2.24) is 0 Å². The molecule has 0 spiro atoms. The summed E-state index contributed by atoms with van der Waals surface area (Å²) in [6.45, 7) is 0. The summed E-state index contributed by atoms with van der Waals surface area (Å²) in [5.74, 6) is -2.91. The largest absolute Gasteiger partial charge is 0.545 e. The van der Waals surface area contributed by atoms with Crippen molar-refractivity contribution in [2.24, 2.45) is 0 Å². The highest BCUT2D eigenvalue weighted by atomic mass is 35.5. The Balaban J connectivity index is 1.63. The number of nitrogens with one attached hydrogen (secondary N) is 2. The number of aromatic carboxylic acids is 1. The van der Waals surface area contributed by atoms with Crippen LogP contribution in [0.1, 0.15) is 36.6 Å². The lowest BCUT2D eigenvalue weighted by molar-refractivity contribution is -0.255. The van der Waals surface area contributed by atoms with Gasteiger partial charge in [0, 0.05) is 39.5 Å². The van der Waals surface area contributed by atoms with Crippen LogP contribution in [0.5, 0.6) is 0 Å². The number of hydrogen-bond acceptors (Lipinski definition) is 7. The molecule has 4 aromatic rings. The highest BCUT2D eigenvalue weighted by Gasteiger charge is 2.53. The fourth-order valence-corrected chi connectivity index (χ4v) is 6.09. The highest BCUT2D eigenvalue weighted by Crippen LogP contribution is 2.37. The number of benzene rings is 4. The minimum absolute atomic E-state index is 0.104. The van der Waals surface area contributed by atoms with Crippen LogP contribution in [0.4, 0.5) is 11.4 Å². The fraction of sp³-hybridized carbons (Fsp3) is 0.0690. The lowest BCUT2D eigenvalue weighted by Gasteiger charge is -2.30. The smallest absolute Gasteiger partial charge is 0.262 e. The quantitative estimate of drug-likeness (QED) is 0.312. The second-order valence-electron chi connectivity index (χ2n) is 8.98. The molecule has 1 aliphatic rings. The topological polar surface area (TPSA) is 132 Å². The first kappa shape index (κ1) is 26.1. The van der Waals surface area contributed by atoms with Crippen molar-refractivity contribution in [2.45, 2.75) is 16.9 Å². The summed E-state index contributed by atoms with van der Waals surface area (Å²) >= 11 is 5.87. The van der Waals surface area contributed by atoms with Gasteiger partial charge in [-0.25, -0.2) is 8.42 Å². The Morgan fingerprint density at radius 1 is 0.795 bits per heavy atom. The van der Waals surface area contributed by atoms with Crippen molar-refractivity contribution < 1.29 is 27.9 Å². The molecule has 0 aromatic heterocycles. The van der Waals surface area contributed by atoms with E-state index >= 15 is 0 Å². The first-order valence-electron chi connectivity index (χ1n) is 11.8. The molecule has 0 unspecified atom stereocenters. The van der Waals surface area contributed by atoms with Gasteiger partial charge in [-0.05, 0) is 42.0 Å². The average molecular weight is 560 g/mol. The number of sulfonamides is 1. The summed E-state index contributed by atoms with van der Waals surface area (Å²) in [4.78, 5) is 39.3. The van der Waals surface area contributed by atoms with Crippen LogP contribution in [0.25, 0.3) is 0 Å². The zero-order valence-electron chi connectivity index (χ0n) is 20.2. The van der Waals surface area contributed by atoms with Gasteiger partial charge < -0.3 is 15.2 Å². The van der Waals surface area contributed by atoms with Crippen molar-refractivity contribution in [2.75, 3.05) is 10.0 Å². The van der Waals surface area contributed by atoms with E-state index in [0.717, 1.165) is 6.07 Å². The van der Waals surface area contributed by atoms with Crippen molar-refractivity contribution in [3.05, 3.63) is 124 Å². The molecule has 2 N–H and O–H groups in total. The van der Waals surface area contributed by atoms with E-state index in [9.17, 15) is 27.9 Å². The van der Waals surface area contributed by atoms with Crippen molar-refractivity contribution >= 4 is 50.5 Å². The molecule has 4 aromatic carbocycles. The van der Waals surface area contributed by atoms with Gasteiger partial charge in [0.1, 0.15) is 0 Å². The first-order chi connectivity index (χ1) is 18.6. The number of halogens is 1. The monoisotopic (exact) mass is 559 g/mol. The molecule has 0 atom stereocenters. The van der Waals surface area contributed by atoms with Crippen LogP contribution < -0.4 is 15.1 Å². The summed E-state index contributed by atoms with van der Waals surface area (Å²) in [5, 5.41) is 15.6. The van der Waals surface area contributed by atoms with Crippen LogP contribution in [-0.2, 0) is 16.4 Å². The second-order valence-corrected chi connectivity index (χ2v) is 11.1. The Labute approximate surface area is 229 Å². The second kappa shape index (κ2) is 10.0. The number of carbonyl (C=O) groups excluding carboxylic acids is 3. The SMILES string of the molecule is O=C([O-])c1c(NC2(Cc3ccccc3)C(=O)c3ccccc3C2=O)cccc1S(=O)(=O)Nc1ccc(Cl)cc1. The number of fused-ring (bicyclic) bond motifs is 1. The number of ketones is 2. The molecule has 0 aliphatic heterocycles. The Bertz CT molecular complexity index is 1690. The summed E-state index contributed by atoms with van der Waals surface area (Å²) in [5.41, 5.74) is -1.71. The molecule has 8 nitrogen and oxygen atoms in total. The molecule has 0 saturated heterocycles. The molecule has 10 heteroatoms. The third-order valence-corrected chi connectivity index (χ3v) is 8.14. The number of carboxylic acids is 1. The van der Waals surface area contributed by atoms with Gasteiger partial charge in [-0.15, -0.1) is 0 Å². The molecule has 1 aliphatic carbocycles. The van der Waals surface area contributed by atoms with Gasteiger partial charge >= 0.3 is 0 Å². The minimum atomic E-state index is -4.44. The predicted molar refractivity (Wildman–Crippen MR) is 145 cm³/mol. The van der Waals surface area contributed by atoms with Crippen molar-refractivity contribution in [1.29, 1.82) is 0 Å². The molecular weight excluding hydrogens is 540 g/mol. The third-order valence-electron chi connectivity index (χ3n) is 6.47. The fourth-order valence-electron chi connectivity index (χ4n) is 4.69. The van der Waals surface area contributed by atoms with E-state index in [0.29, 0.717) is 10.6 Å². The van der Waals surface area contributed by atoms with Gasteiger partial charge in [-0.2, -0.15) is 0 Å². The maximum Gasteiger partial charge on any atom is 0.262 e. The Kier molecular flexibility index (Phi) is 6.71. The highest BCUT2D eigenvalue weighted by molar-refractivity contribution is 7.92. The summed E-state index contributed by atoms with van der Waals surface area (Å²) in [7, 11) is -4.44. The number of carboxylic acid groups (broad SMARTS) is 1. The van der Waals surface area contributed by atoms with E-state index in [4.69, 9.17) is 11.6 Å². The van der Waals surface area contributed by atoms with Crippen LogP contribution in [-0.4, -0.2) is 31.5 Å². The van der Waals surface area contributed by atoms with Crippen LogP contribution >= 0.6 is 11.6 Å². The molecular formula is C29H20ClN2O6S-. The average Bonchev–Trinajstić information content (AvgIpc) is 3.12. The Morgan fingerprint density at radius 2 is 1.38 bits per heavy atom. The molecule has 5 rings (SSSR count). The van der Waals surface area contributed by atoms with Gasteiger partial charge in [-0.1, -0.05) is 72.3 Å². The van der Waals surface area contributed by atoms with Crippen molar-refractivity contribution in [3.8, 4) is 0 Å². The molecule has 0 bridgehead atoms. The maximum absolute atomic E-state index is 13.8. The van der Waals surface area contributed by atoms with E-state index in [1.165, 1.54) is 48.5 Å². The molecule has 39 heavy (non-hydrogen) atoms. The van der Waals surface area contributed by atoms with Crippen LogP contribution in [0.2, 0.25) is 5.02 Å². The molecule has 0 amide bonds. The lowest BCUT2D eigenvalue weighted by atomic mass is 9.85. The number of rotatable bonds is 8. The van der Waals surface area contributed by atoms with E-state index in [1.54, 1.807) is 42.5 Å². The minimum Gasteiger partial charge on any atom is -0.545 e. The lowest BCUT2D eigenvalue weighted by Crippen LogP contribution is -2.51. The summed E-state index contributed by atoms with van der Waals surface area (Å²) < 4.78 is 28.9. The van der Waals surface area contributed by atoms with Gasteiger partial charge in [0.25, 0.3) is 10.0 Å². The van der Waals surface area contributed by atoms with Crippen molar-refractivity contribution in [3.63, 3.8) is 0 Å². The summed E-state index contributed by atoms with van der Waals surface area (Å²) in [6, 6.07) is 24.6. The van der Waals surface area contributed by atoms with Gasteiger partial charge in [0.15, 0.2) is 17.1 Å². The predicted octanol–water partition coefficient (Wildman–Crippen LogP) is 3.98. The Morgan fingerprint density at radius 3 is 1.97 bits per heavy atom. The van der Waals surface area contributed by atoms with Crippen LogP contribution in [0.3, 0.4) is 0 Å². The maximum atomic E-state index is 13.8. The number of carbonyl (C=O) groups is 3.